The minimum atomic E-state index is -1.05. The Labute approximate surface area is 167 Å². The highest BCUT2D eigenvalue weighted by atomic mass is 16.5. The molecular weight excluding hydrogens is 358 g/mol. The zero-order chi connectivity index (χ0) is 20.7. The number of benzene rings is 1. The maximum atomic E-state index is 13.3. The zero-order valence-electron chi connectivity index (χ0n) is 17.7. The molecule has 0 N–H and O–H groups in total. The van der Waals surface area contributed by atoms with Gasteiger partial charge >= 0.3 is 5.97 Å². The van der Waals surface area contributed by atoms with Gasteiger partial charge in [0.2, 0.25) is 0 Å². The predicted molar refractivity (Wildman–Crippen MR) is 105 cm³/mol. The summed E-state index contributed by atoms with van der Waals surface area (Å²) in [5.41, 5.74) is 0.352. The van der Waals surface area contributed by atoms with Crippen molar-refractivity contribution < 1.29 is 23.8 Å². The average Bonchev–Trinajstić information content (AvgIpc) is 3.17. The number of carbonyl (C=O) groups is 2. The highest BCUT2D eigenvalue weighted by Crippen LogP contribution is 2.43. The van der Waals surface area contributed by atoms with Gasteiger partial charge < -0.3 is 19.1 Å². The lowest BCUT2D eigenvalue weighted by Crippen LogP contribution is -2.49. The second kappa shape index (κ2) is 7.39. The van der Waals surface area contributed by atoms with Crippen LogP contribution in [0, 0.1) is 18.3 Å². The molecule has 0 radical (unpaired) electrons. The Morgan fingerprint density at radius 1 is 1.32 bits per heavy atom. The Kier molecular flexibility index (Phi) is 5.45. The molecular formula is C22H31NO5. The lowest BCUT2D eigenvalue weighted by Gasteiger charge is -2.32. The number of fused-ring (bicyclic) bond motifs is 1. The SMILES string of the molecule is COC(=O)[C@@]12COC[C@@H]1CN(C(=O)C(C)(C)Oc1cc(C)ccc1C(C)C)C2. The molecule has 2 atom stereocenters. The summed E-state index contributed by atoms with van der Waals surface area (Å²) < 4.78 is 16.8. The molecule has 0 spiro atoms. The Morgan fingerprint density at radius 2 is 2.04 bits per heavy atom. The van der Waals surface area contributed by atoms with Crippen LogP contribution in [0.4, 0.5) is 0 Å². The molecule has 0 unspecified atom stereocenters. The van der Waals surface area contributed by atoms with Crippen molar-refractivity contribution in [2.75, 3.05) is 33.4 Å². The van der Waals surface area contributed by atoms with Gasteiger partial charge in [0.05, 0.1) is 20.3 Å². The van der Waals surface area contributed by atoms with E-state index in [1.54, 1.807) is 18.7 Å². The van der Waals surface area contributed by atoms with Crippen LogP contribution in [0.3, 0.4) is 0 Å². The Hall–Kier alpha value is -2.08. The normalized spacial score (nSPS) is 24.4. The number of hydrogen-bond acceptors (Lipinski definition) is 5. The molecule has 1 aromatic rings. The lowest BCUT2D eigenvalue weighted by atomic mass is 9.81. The van der Waals surface area contributed by atoms with Crippen LogP contribution in [0.25, 0.3) is 0 Å². The molecule has 1 aromatic carbocycles. The standard InChI is InChI=1S/C22H31NO5/c1-14(2)17-8-7-15(3)9-18(17)28-21(4,5)19(24)23-10-16-11-27-13-22(16,12-23)20(25)26-6/h7-9,14,16H,10-13H2,1-6H3/t16-,22-/m0/s1. The number of hydrogen-bond donors (Lipinski definition) is 0. The van der Waals surface area contributed by atoms with Gasteiger partial charge in [-0.25, -0.2) is 0 Å². The molecule has 0 aliphatic carbocycles. The molecule has 6 nitrogen and oxygen atoms in total. The van der Waals surface area contributed by atoms with E-state index in [0.717, 1.165) is 16.9 Å². The largest absolute Gasteiger partial charge is 0.478 e. The molecule has 154 valence electrons. The summed E-state index contributed by atoms with van der Waals surface area (Å²) in [5, 5.41) is 0. The third-order valence-corrected chi connectivity index (χ3v) is 5.92. The van der Waals surface area contributed by atoms with Crippen molar-refractivity contribution in [3.63, 3.8) is 0 Å². The van der Waals surface area contributed by atoms with E-state index < -0.39 is 11.0 Å². The second-order valence-electron chi connectivity index (χ2n) is 8.85. The first-order chi connectivity index (χ1) is 13.1. The van der Waals surface area contributed by atoms with Gasteiger partial charge in [-0.3, -0.25) is 9.59 Å². The maximum Gasteiger partial charge on any atom is 0.316 e. The summed E-state index contributed by atoms with van der Waals surface area (Å²) >= 11 is 0. The average molecular weight is 389 g/mol. The number of aryl methyl sites for hydroxylation is 1. The third kappa shape index (κ3) is 3.50. The van der Waals surface area contributed by atoms with E-state index in [1.165, 1.54) is 7.11 Å². The van der Waals surface area contributed by atoms with Gasteiger partial charge in [-0.15, -0.1) is 0 Å². The van der Waals surface area contributed by atoms with Crippen LogP contribution in [-0.2, 0) is 19.1 Å². The second-order valence-corrected chi connectivity index (χ2v) is 8.85. The number of carbonyl (C=O) groups excluding carboxylic acids is 2. The predicted octanol–water partition coefficient (Wildman–Crippen LogP) is 2.92. The fourth-order valence-corrected chi connectivity index (χ4v) is 4.29. The molecule has 28 heavy (non-hydrogen) atoms. The van der Waals surface area contributed by atoms with Crippen molar-refractivity contribution in [2.45, 2.75) is 46.1 Å². The van der Waals surface area contributed by atoms with Gasteiger partial charge in [0.15, 0.2) is 5.60 Å². The number of nitrogens with zero attached hydrogens (tertiary/aromatic N) is 1. The van der Waals surface area contributed by atoms with E-state index in [4.69, 9.17) is 14.2 Å². The van der Waals surface area contributed by atoms with E-state index in [1.807, 2.05) is 13.0 Å². The van der Waals surface area contributed by atoms with E-state index in [-0.39, 0.29) is 23.7 Å². The number of ether oxygens (including phenoxy) is 3. The third-order valence-electron chi connectivity index (χ3n) is 5.92. The summed E-state index contributed by atoms with van der Waals surface area (Å²) in [6.45, 7) is 11.3. The molecule has 0 aromatic heterocycles. The monoisotopic (exact) mass is 389 g/mol. The maximum absolute atomic E-state index is 13.3. The van der Waals surface area contributed by atoms with Crippen LogP contribution in [-0.4, -0.2) is 55.8 Å². The van der Waals surface area contributed by atoms with Crippen LogP contribution < -0.4 is 4.74 Å². The smallest absolute Gasteiger partial charge is 0.316 e. The summed E-state index contributed by atoms with van der Waals surface area (Å²) in [6, 6.07) is 6.09. The molecule has 2 saturated heterocycles. The molecule has 0 saturated carbocycles. The van der Waals surface area contributed by atoms with Crippen molar-refractivity contribution in [3.8, 4) is 5.75 Å². The van der Waals surface area contributed by atoms with Crippen molar-refractivity contribution in [2.24, 2.45) is 11.3 Å². The van der Waals surface area contributed by atoms with Gasteiger partial charge in [-0.1, -0.05) is 26.0 Å². The van der Waals surface area contributed by atoms with Crippen molar-refractivity contribution in [3.05, 3.63) is 29.3 Å². The highest BCUT2D eigenvalue weighted by Gasteiger charge is 2.58. The fourth-order valence-electron chi connectivity index (χ4n) is 4.29. The highest BCUT2D eigenvalue weighted by molar-refractivity contribution is 5.87. The number of amides is 1. The Bertz CT molecular complexity index is 772. The molecule has 1 amide bonds. The summed E-state index contributed by atoms with van der Waals surface area (Å²) in [4.78, 5) is 27.5. The summed E-state index contributed by atoms with van der Waals surface area (Å²) in [5.74, 6) is 0.558. The minimum absolute atomic E-state index is 0.0371. The number of rotatable bonds is 5. The van der Waals surface area contributed by atoms with Crippen LogP contribution >= 0.6 is 0 Å². The molecule has 2 heterocycles. The zero-order valence-corrected chi connectivity index (χ0v) is 17.7. The van der Waals surface area contributed by atoms with Gasteiger partial charge in [0.1, 0.15) is 11.2 Å². The van der Waals surface area contributed by atoms with Gasteiger partial charge in [-0.05, 0) is 43.9 Å². The first-order valence-corrected chi connectivity index (χ1v) is 9.86. The van der Waals surface area contributed by atoms with Crippen molar-refractivity contribution in [1.82, 2.24) is 4.90 Å². The first kappa shape index (κ1) is 20.6. The molecule has 2 fully saturated rings. The van der Waals surface area contributed by atoms with E-state index in [2.05, 4.69) is 26.0 Å². The lowest BCUT2D eigenvalue weighted by molar-refractivity contribution is -0.154. The Morgan fingerprint density at radius 3 is 2.68 bits per heavy atom. The molecule has 2 aliphatic heterocycles. The topological polar surface area (TPSA) is 65.1 Å². The summed E-state index contributed by atoms with van der Waals surface area (Å²) in [6.07, 6.45) is 0. The van der Waals surface area contributed by atoms with Crippen LogP contribution in [0.1, 0.15) is 44.7 Å². The summed E-state index contributed by atoms with van der Waals surface area (Å²) in [7, 11) is 1.38. The quantitative estimate of drug-likeness (QED) is 0.725. The Balaban J connectivity index is 1.81. The molecule has 0 bridgehead atoms. The van der Waals surface area contributed by atoms with Crippen LogP contribution in [0.5, 0.6) is 5.75 Å². The van der Waals surface area contributed by atoms with Crippen molar-refractivity contribution >= 4 is 11.9 Å². The first-order valence-electron chi connectivity index (χ1n) is 9.86. The van der Waals surface area contributed by atoms with E-state index in [9.17, 15) is 9.59 Å². The molecule has 3 rings (SSSR count). The van der Waals surface area contributed by atoms with Gasteiger partial charge in [-0.2, -0.15) is 0 Å². The number of likely N-dealkylation sites (tertiary alicyclic amines) is 1. The van der Waals surface area contributed by atoms with E-state index >= 15 is 0 Å². The minimum Gasteiger partial charge on any atom is -0.478 e. The molecule has 2 aliphatic rings. The van der Waals surface area contributed by atoms with Gasteiger partial charge in [0.25, 0.3) is 5.91 Å². The van der Waals surface area contributed by atoms with Crippen LogP contribution in [0.15, 0.2) is 18.2 Å². The van der Waals surface area contributed by atoms with Gasteiger partial charge in [0, 0.05) is 19.0 Å². The molecule has 6 heteroatoms. The van der Waals surface area contributed by atoms with E-state index in [0.29, 0.717) is 26.3 Å². The number of methoxy groups -OCH3 is 1. The fraction of sp³-hybridized carbons (Fsp3) is 0.636. The van der Waals surface area contributed by atoms with Crippen molar-refractivity contribution in [1.29, 1.82) is 0 Å². The number of esters is 1. The van der Waals surface area contributed by atoms with Crippen LogP contribution in [0.2, 0.25) is 0 Å².